The van der Waals surface area contributed by atoms with E-state index in [0.717, 1.165) is 17.9 Å². The van der Waals surface area contributed by atoms with Gasteiger partial charge < -0.3 is 9.47 Å². The Labute approximate surface area is 133 Å². The zero-order valence-corrected chi connectivity index (χ0v) is 14.4. The van der Waals surface area contributed by atoms with Gasteiger partial charge in [0.1, 0.15) is 17.0 Å². The average molecular weight is 309 g/mol. The van der Waals surface area contributed by atoms with Crippen molar-refractivity contribution in [1.29, 1.82) is 0 Å². The molecule has 1 aliphatic rings. The summed E-state index contributed by atoms with van der Waals surface area (Å²) in [5, 5.41) is 1.48. The van der Waals surface area contributed by atoms with E-state index in [1.165, 1.54) is 5.23 Å². The van der Waals surface area contributed by atoms with Crippen molar-refractivity contribution in [1.82, 2.24) is 0 Å². The standard InChI is InChI=1S/C17H27NO4/c1-13(19-6)10-11-20-15-9-7-8-14(12-15)18-21-16(2,3)17(4,5)22-18/h7-9,12-13H,10-11H2,1-6H3. The van der Waals surface area contributed by atoms with Gasteiger partial charge in [-0.2, -0.15) is 0 Å². The van der Waals surface area contributed by atoms with E-state index < -0.39 is 11.2 Å². The summed E-state index contributed by atoms with van der Waals surface area (Å²) in [5.41, 5.74) is 0.00568. The van der Waals surface area contributed by atoms with Gasteiger partial charge in [-0.1, -0.05) is 6.07 Å². The lowest BCUT2D eigenvalue weighted by Gasteiger charge is -2.26. The van der Waals surface area contributed by atoms with Crippen LogP contribution in [0.15, 0.2) is 24.3 Å². The molecule has 5 nitrogen and oxygen atoms in total. The van der Waals surface area contributed by atoms with Gasteiger partial charge in [0.25, 0.3) is 0 Å². The van der Waals surface area contributed by atoms with Crippen LogP contribution < -0.4 is 9.96 Å². The molecule has 0 bridgehead atoms. The van der Waals surface area contributed by atoms with Crippen LogP contribution >= 0.6 is 0 Å². The summed E-state index contributed by atoms with van der Waals surface area (Å²) in [6.45, 7) is 10.7. The largest absolute Gasteiger partial charge is 0.493 e. The van der Waals surface area contributed by atoms with Crippen molar-refractivity contribution in [2.75, 3.05) is 18.9 Å². The van der Waals surface area contributed by atoms with E-state index in [2.05, 4.69) is 0 Å². The zero-order valence-electron chi connectivity index (χ0n) is 14.4. The Morgan fingerprint density at radius 2 is 1.77 bits per heavy atom. The zero-order chi connectivity index (χ0) is 16.4. The van der Waals surface area contributed by atoms with Crippen molar-refractivity contribution >= 4 is 5.69 Å². The van der Waals surface area contributed by atoms with Gasteiger partial charge in [-0.25, -0.2) is 9.68 Å². The molecule has 1 atom stereocenters. The van der Waals surface area contributed by atoms with E-state index in [9.17, 15) is 0 Å². The predicted octanol–water partition coefficient (Wildman–Crippen LogP) is 3.73. The topological polar surface area (TPSA) is 40.2 Å². The molecule has 1 saturated heterocycles. The molecule has 1 aromatic rings. The van der Waals surface area contributed by atoms with Crippen molar-refractivity contribution in [3.8, 4) is 5.75 Å². The Kier molecular flexibility index (Phi) is 5.00. The molecule has 0 aromatic heterocycles. The van der Waals surface area contributed by atoms with Crippen LogP contribution in [0.4, 0.5) is 5.69 Å². The molecule has 0 radical (unpaired) electrons. The van der Waals surface area contributed by atoms with Crippen LogP contribution in [0.2, 0.25) is 0 Å². The Morgan fingerprint density at radius 1 is 1.14 bits per heavy atom. The smallest absolute Gasteiger partial charge is 0.124 e. The summed E-state index contributed by atoms with van der Waals surface area (Å²) in [7, 11) is 1.71. The van der Waals surface area contributed by atoms with Gasteiger partial charge in [0.2, 0.25) is 0 Å². The predicted molar refractivity (Wildman–Crippen MR) is 85.8 cm³/mol. The van der Waals surface area contributed by atoms with E-state index >= 15 is 0 Å². The number of hydrogen-bond donors (Lipinski definition) is 0. The van der Waals surface area contributed by atoms with Crippen molar-refractivity contribution in [2.24, 2.45) is 0 Å². The number of rotatable bonds is 6. The number of methoxy groups -OCH3 is 1. The highest BCUT2D eigenvalue weighted by molar-refractivity contribution is 5.47. The van der Waals surface area contributed by atoms with Gasteiger partial charge in [-0.15, -0.1) is 5.23 Å². The van der Waals surface area contributed by atoms with E-state index in [1.807, 2.05) is 58.9 Å². The highest BCUT2D eigenvalue weighted by Crippen LogP contribution is 2.40. The quantitative estimate of drug-likeness (QED) is 0.801. The first-order chi connectivity index (χ1) is 10.2. The minimum Gasteiger partial charge on any atom is -0.493 e. The third-order valence-electron chi connectivity index (χ3n) is 4.30. The molecule has 1 unspecified atom stereocenters. The van der Waals surface area contributed by atoms with E-state index in [0.29, 0.717) is 6.61 Å². The molecule has 0 aliphatic carbocycles. The van der Waals surface area contributed by atoms with Gasteiger partial charge in [0.05, 0.1) is 18.4 Å². The highest BCUT2D eigenvalue weighted by Gasteiger charge is 2.50. The fourth-order valence-electron chi connectivity index (χ4n) is 1.91. The summed E-state index contributed by atoms with van der Waals surface area (Å²) in [6.07, 6.45) is 1.03. The van der Waals surface area contributed by atoms with Gasteiger partial charge >= 0.3 is 0 Å². The molecule has 5 heteroatoms. The monoisotopic (exact) mass is 309 g/mol. The third kappa shape index (κ3) is 3.72. The maximum Gasteiger partial charge on any atom is 0.124 e. The van der Waals surface area contributed by atoms with Crippen LogP contribution in [0.3, 0.4) is 0 Å². The summed E-state index contributed by atoms with van der Waals surface area (Å²) in [5.74, 6) is 0.788. The molecule has 0 amide bonds. The molecule has 1 aromatic carbocycles. The first kappa shape index (κ1) is 17.1. The lowest BCUT2D eigenvalue weighted by Crippen LogP contribution is -2.41. The van der Waals surface area contributed by atoms with E-state index in [4.69, 9.17) is 19.1 Å². The lowest BCUT2D eigenvalue weighted by atomic mass is 9.90. The average Bonchev–Trinajstić information content (AvgIpc) is 2.67. The van der Waals surface area contributed by atoms with Crippen LogP contribution in [0.5, 0.6) is 5.75 Å². The van der Waals surface area contributed by atoms with Crippen molar-refractivity contribution in [2.45, 2.75) is 58.3 Å². The maximum absolute atomic E-state index is 5.90. The van der Waals surface area contributed by atoms with E-state index in [-0.39, 0.29) is 6.10 Å². The Morgan fingerprint density at radius 3 is 2.36 bits per heavy atom. The van der Waals surface area contributed by atoms with Crippen LogP contribution in [0.1, 0.15) is 41.0 Å². The number of hydrogen-bond acceptors (Lipinski definition) is 5. The third-order valence-corrected chi connectivity index (χ3v) is 4.30. The molecule has 1 heterocycles. The number of anilines is 1. The SMILES string of the molecule is COC(C)CCOc1cccc(N2OC(C)(C)C(C)(C)O2)c1. The number of nitrogens with zero attached hydrogens (tertiary/aromatic N) is 1. The first-order valence-corrected chi connectivity index (χ1v) is 7.69. The van der Waals surface area contributed by atoms with Gasteiger partial charge in [0.15, 0.2) is 0 Å². The molecule has 124 valence electrons. The van der Waals surface area contributed by atoms with Gasteiger partial charge in [-0.3, -0.25) is 0 Å². The minimum atomic E-state index is -0.405. The molecule has 0 spiro atoms. The Balaban J connectivity index is 2.00. The summed E-state index contributed by atoms with van der Waals surface area (Å²) >= 11 is 0. The second-order valence-electron chi connectivity index (χ2n) is 6.64. The van der Waals surface area contributed by atoms with Crippen molar-refractivity contribution in [3.63, 3.8) is 0 Å². The normalized spacial score (nSPS) is 20.9. The van der Waals surface area contributed by atoms with Crippen LogP contribution in [-0.4, -0.2) is 31.0 Å². The van der Waals surface area contributed by atoms with Crippen molar-refractivity contribution in [3.05, 3.63) is 24.3 Å². The summed E-state index contributed by atoms with van der Waals surface area (Å²) < 4.78 is 11.0. The second-order valence-corrected chi connectivity index (χ2v) is 6.64. The molecule has 22 heavy (non-hydrogen) atoms. The highest BCUT2D eigenvalue weighted by atomic mass is 17.0. The fourth-order valence-corrected chi connectivity index (χ4v) is 1.91. The van der Waals surface area contributed by atoms with Gasteiger partial charge in [0, 0.05) is 19.6 Å². The molecular weight excluding hydrogens is 282 g/mol. The van der Waals surface area contributed by atoms with Crippen LogP contribution in [0, 0.1) is 0 Å². The number of benzene rings is 1. The maximum atomic E-state index is 5.90. The summed E-state index contributed by atoms with van der Waals surface area (Å²) in [6, 6.07) is 7.69. The van der Waals surface area contributed by atoms with Gasteiger partial charge in [-0.05, 0) is 46.8 Å². The molecular formula is C17H27NO4. The molecule has 2 rings (SSSR count). The molecule has 1 aliphatic heterocycles. The Hall–Kier alpha value is -1.30. The molecule has 0 saturated carbocycles. The lowest BCUT2D eigenvalue weighted by molar-refractivity contribution is -0.0274. The van der Waals surface area contributed by atoms with E-state index in [1.54, 1.807) is 7.11 Å². The fraction of sp³-hybridized carbons (Fsp3) is 0.647. The number of ether oxygens (including phenoxy) is 2. The minimum absolute atomic E-state index is 0.190. The first-order valence-electron chi connectivity index (χ1n) is 7.69. The Bertz CT molecular complexity index is 485. The molecule has 0 N–H and O–H groups in total. The van der Waals surface area contributed by atoms with Crippen molar-refractivity contribution < 1.29 is 19.1 Å². The second kappa shape index (κ2) is 6.44. The van der Waals surface area contributed by atoms with Crippen LogP contribution in [-0.2, 0) is 14.4 Å². The molecule has 1 fully saturated rings. The van der Waals surface area contributed by atoms with Crippen LogP contribution in [0.25, 0.3) is 0 Å². The summed E-state index contributed by atoms with van der Waals surface area (Å²) in [4.78, 5) is 11.8.